The van der Waals surface area contributed by atoms with E-state index in [9.17, 15) is 4.79 Å². The van der Waals surface area contributed by atoms with E-state index in [1.807, 2.05) is 54.8 Å². The van der Waals surface area contributed by atoms with Gasteiger partial charge in [0.25, 0.3) is 5.91 Å². The Morgan fingerprint density at radius 1 is 1.09 bits per heavy atom. The predicted octanol–water partition coefficient (Wildman–Crippen LogP) is 3.32. The molecule has 5 rings (SSSR count). The maximum atomic E-state index is 10.6. The first-order valence-corrected chi connectivity index (χ1v) is 11.2. The van der Waals surface area contributed by atoms with Crippen molar-refractivity contribution in [1.29, 1.82) is 0 Å². The number of rotatable bonds is 4. The molecule has 0 radical (unpaired) electrons. The summed E-state index contributed by atoms with van der Waals surface area (Å²) in [5, 5.41) is 14.8. The van der Waals surface area contributed by atoms with E-state index < -0.39 is 6.10 Å². The van der Waals surface area contributed by atoms with Crippen LogP contribution in [0.5, 0.6) is 0 Å². The number of likely N-dealkylation sites (tertiary alicyclic amines) is 1. The van der Waals surface area contributed by atoms with Crippen molar-refractivity contribution in [3.05, 3.63) is 66.1 Å². The lowest BCUT2D eigenvalue weighted by atomic mass is 10.2. The van der Waals surface area contributed by atoms with Crippen LogP contribution in [0, 0.1) is 6.92 Å². The molecule has 33 heavy (non-hydrogen) atoms. The number of benzene rings is 1. The molecular weight excluding hydrogens is 438 g/mol. The fraction of sp³-hybridized carbons (Fsp3) is 0.217. The third-order valence-electron chi connectivity index (χ3n) is 4.89. The van der Waals surface area contributed by atoms with Crippen molar-refractivity contribution < 1.29 is 9.90 Å². The highest BCUT2D eigenvalue weighted by atomic mass is 32.1. The standard InChI is InChI=1S/C18H14N6S.C5H9NO2/c1-12-9-16(21-11-20-12)24-18-19-8-7-14(23-18)15-10-25-17(22-15)13-5-3-2-4-6-13;1-6-3-2-4(7)5(6)8/h2-11H,1H3,(H,19,20,21,23,24);4,7H,2-3H2,1H3. The number of hydrogen-bond donors (Lipinski definition) is 2. The maximum Gasteiger partial charge on any atom is 0.251 e. The zero-order valence-corrected chi connectivity index (χ0v) is 19.0. The molecule has 0 aliphatic carbocycles. The number of carbonyl (C=O) groups excluding carboxylic acids is 1. The number of aromatic nitrogens is 5. The Hall–Kier alpha value is -3.76. The number of amides is 1. The first kappa shape index (κ1) is 22.4. The molecule has 4 aromatic rings. The summed E-state index contributed by atoms with van der Waals surface area (Å²) >= 11 is 1.60. The van der Waals surface area contributed by atoms with Gasteiger partial charge in [0.05, 0.1) is 5.69 Å². The summed E-state index contributed by atoms with van der Waals surface area (Å²) in [4.78, 5) is 33.8. The van der Waals surface area contributed by atoms with Crippen LogP contribution in [0.2, 0.25) is 0 Å². The van der Waals surface area contributed by atoms with Crippen molar-refractivity contribution in [3.63, 3.8) is 0 Å². The summed E-state index contributed by atoms with van der Waals surface area (Å²) in [7, 11) is 1.69. The van der Waals surface area contributed by atoms with E-state index >= 15 is 0 Å². The van der Waals surface area contributed by atoms with Crippen molar-refractivity contribution in [2.24, 2.45) is 0 Å². The van der Waals surface area contributed by atoms with Crippen LogP contribution in [0.3, 0.4) is 0 Å². The summed E-state index contributed by atoms with van der Waals surface area (Å²) < 4.78 is 0. The van der Waals surface area contributed by atoms with Gasteiger partial charge in [0.15, 0.2) is 0 Å². The molecule has 0 saturated carbocycles. The van der Waals surface area contributed by atoms with Gasteiger partial charge in [-0.15, -0.1) is 11.3 Å². The van der Waals surface area contributed by atoms with Gasteiger partial charge in [0, 0.05) is 42.5 Å². The van der Waals surface area contributed by atoms with Gasteiger partial charge in [-0.2, -0.15) is 0 Å². The number of aliphatic hydroxyl groups excluding tert-OH is 1. The molecule has 1 atom stereocenters. The van der Waals surface area contributed by atoms with Gasteiger partial charge in [-0.3, -0.25) is 4.79 Å². The molecule has 9 nitrogen and oxygen atoms in total. The fourth-order valence-electron chi connectivity index (χ4n) is 3.11. The number of aryl methyl sites for hydroxylation is 1. The van der Waals surface area contributed by atoms with Crippen LogP contribution in [0.1, 0.15) is 12.1 Å². The third-order valence-corrected chi connectivity index (χ3v) is 5.78. The van der Waals surface area contributed by atoms with Crippen molar-refractivity contribution in [3.8, 4) is 22.0 Å². The highest BCUT2D eigenvalue weighted by Gasteiger charge is 2.26. The van der Waals surface area contributed by atoms with Crippen molar-refractivity contribution in [2.45, 2.75) is 19.4 Å². The first-order chi connectivity index (χ1) is 16.0. The van der Waals surface area contributed by atoms with E-state index in [0.29, 0.717) is 24.7 Å². The molecular formula is C23H23N7O2S. The van der Waals surface area contributed by atoms with Crippen LogP contribution >= 0.6 is 11.3 Å². The molecule has 1 aromatic carbocycles. The molecule has 168 valence electrons. The summed E-state index contributed by atoms with van der Waals surface area (Å²) in [5.74, 6) is 0.989. The van der Waals surface area contributed by atoms with E-state index in [1.54, 1.807) is 24.6 Å². The van der Waals surface area contributed by atoms with Gasteiger partial charge in [-0.25, -0.2) is 24.9 Å². The largest absolute Gasteiger partial charge is 0.383 e. The highest BCUT2D eigenvalue weighted by Crippen LogP contribution is 2.28. The zero-order valence-electron chi connectivity index (χ0n) is 18.2. The second-order valence-electron chi connectivity index (χ2n) is 7.40. The summed E-state index contributed by atoms with van der Waals surface area (Å²) in [5.41, 5.74) is 3.57. The number of likely N-dealkylation sites (N-methyl/N-ethyl adjacent to an activating group) is 1. The van der Waals surface area contributed by atoms with Crippen molar-refractivity contribution in [2.75, 3.05) is 18.9 Å². The van der Waals surface area contributed by atoms with Gasteiger partial charge >= 0.3 is 0 Å². The molecule has 1 fully saturated rings. The predicted molar refractivity (Wildman–Crippen MR) is 127 cm³/mol. The molecule has 0 bridgehead atoms. The molecule has 1 amide bonds. The molecule has 1 saturated heterocycles. The van der Waals surface area contributed by atoms with Crippen molar-refractivity contribution in [1.82, 2.24) is 29.8 Å². The lowest BCUT2D eigenvalue weighted by molar-refractivity contribution is -0.133. The van der Waals surface area contributed by atoms with Crippen molar-refractivity contribution >= 4 is 29.0 Å². The van der Waals surface area contributed by atoms with Gasteiger partial charge in [-0.05, 0) is 19.4 Å². The van der Waals surface area contributed by atoms with Gasteiger partial charge in [-0.1, -0.05) is 30.3 Å². The Labute approximate surface area is 195 Å². The van der Waals surface area contributed by atoms with Crippen LogP contribution in [-0.4, -0.2) is 60.5 Å². The molecule has 4 heterocycles. The molecule has 1 aliphatic rings. The SMILES string of the molecule is CN1CCC(O)C1=O.Cc1cc(Nc2nccc(-c3csc(-c4ccccc4)n3)n2)ncn1. The molecule has 0 spiro atoms. The Morgan fingerprint density at radius 2 is 1.91 bits per heavy atom. The van der Waals surface area contributed by atoms with Crippen LogP contribution in [0.25, 0.3) is 22.0 Å². The number of nitrogens with zero attached hydrogens (tertiary/aromatic N) is 6. The second-order valence-corrected chi connectivity index (χ2v) is 8.26. The summed E-state index contributed by atoms with van der Waals surface area (Å²) in [6.45, 7) is 2.60. The summed E-state index contributed by atoms with van der Waals surface area (Å²) in [6, 6.07) is 13.8. The highest BCUT2D eigenvalue weighted by molar-refractivity contribution is 7.13. The van der Waals surface area contributed by atoms with Crippen LogP contribution < -0.4 is 5.32 Å². The lowest BCUT2D eigenvalue weighted by Crippen LogP contribution is -2.24. The number of aliphatic hydroxyl groups is 1. The van der Waals surface area contributed by atoms with E-state index in [0.717, 1.165) is 27.7 Å². The molecule has 10 heteroatoms. The van der Waals surface area contributed by atoms with E-state index in [2.05, 4.69) is 30.2 Å². The van der Waals surface area contributed by atoms with Crippen LogP contribution in [0.15, 0.2) is 60.4 Å². The topological polar surface area (TPSA) is 117 Å². The van der Waals surface area contributed by atoms with Gasteiger partial charge in [0.1, 0.15) is 29.0 Å². The third kappa shape index (κ3) is 5.73. The number of nitrogens with one attached hydrogen (secondary N) is 1. The Kier molecular flexibility index (Phi) is 6.96. The smallest absolute Gasteiger partial charge is 0.251 e. The first-order valence-electron chi connectivity index (χ1n) is 10.3. The number of thiazole rings is 1. The number of carbonyl (C=O) groups is 1. The molecule has 1 unspecified atom stereocenters. The minimum atomic E-state index is -0.722. The molecule has 1 aliphatic heterocycles. The van der Waals surface area contributed by atoms with E-state index in [4.69, 9.17) is 5.11 Å². The Bertz CT molecular complexity index is 1220. The maximum absolute atomic E-state index is 10.6. The fourth-order valence-corrected chi connectivity index (χ4v) is 3.93. The Balaban J connectivity index is 0.000000275. The average Bonchev–Trinajstić information content (AvgIpc) is 3.44. The second kappa shape index (κ2) is 10.2. The lowest BCUT2D eigenvalue weighted by Gasteiger charge is -2.05. The normalized spacial score (nSPS) is 15.2. The van der Waals surface area contributed by atoms with Gasteiger partial charge < -0.3 is 15.3 Å². The van der Waals surface area contributed by atoms with E-state index in [1.165, 1.54) is 11.2 Å². The minimum Gasteiger partial charge on any atom is -0.383 e. The monoisotopic (exact) mass is 461 g/mol. The quantitative estimate of drug-likeness (QED) is 0.475. The number of hydrogen-bond acceptors (Lipinski definition) is 9. The van der Waals surface area contributed by atoms with Gasteiger partial charge in [0.2, 0.25) is 5.95 Å². The average molecular weight is 462 g/mol. The van der Waals surface area contributed by atoms with E-state index in [-0.39, 0.29) is 5.91 Å². The van der Waals surface area contributed by atoms with Crippen LogP contribution in [-0.2, 0) is 4.79 Å². The minimum absolute atomic E-state index is 0.148. The molecule has 3 aromatic heterocycles. The van der Waals surface area contributed by atoms with Crippen LogP contribution in [0.4, 0.5) is 11.8 Å². The number of anilines is 2. The molecule has 2 N–H and O–H groups in total. The zero-order chi connectivity index (χ0) is 23.2. The summed E-state index contributed by atoms with van der Waals surface area (Å²) in [6.07, 6.45) is 3.09. The Morgan fingerprint density at radius 3 is 2.58 bits per heavy atom.